The Bertz CT molecular complexity index is 167. The molecular formula is C6H10N2OS. The van der Waals surface area contributed by atoms with Gasteiger partial charge in [-0.15, -0.1) is 0 Å². The van der Waals surface area contributed by atoms with E-state index in [2.05, 4.69) is 17.2 Å². The van der Waals surface area contributed by atoms with Crippen LogP contribution in [0.1, 0.15) is 13.3 Å². The van der Waals surface area contributed by atoms with E-state index in [9.17, 15) is 4.79 Å². The molecule has 3 nitrogen and oxygen atoms in total. The van der Waals surface area contributed by atoms with Gasteiger partial charge in [-0.1, -0.05) is 18.7 Å². The molecule has 0 aliphatic carbocycles. The van der Waals surface area contributed by atoms with Gasteiger partial charge in [0, 0.05) is 6.54 Å². The van der Waals surface area contributed by atoms with Gasteiger partial charge < -0.3 is 5.32 Å². The number of carbonyl (C=O) groups excluding carboxylic acids is 1. The Morgan fingerprint density at radius 3 is 3.10 bits per heavy atom. The molecular weight excluding hydrogens is 148 g/mol. The number of carbonyl (C=O) groups is 1. The maximum absolute atomic E-state index is 10.6. The van der Waals surface area contributed by atoms with Crippen molar-refractivity contribution in [3.63, 3.8) is 0 Å². The first kappa shape index (κ1) is 7.60. The fourth-order valence-electron chi connectivity index (χ4n) is 0.624. The summed E-state index contributed by atoms with van der Waals surface area (Å²) in [5, 5.41) is 3.45. The molecule has 1 saturated heterocycles. The molecule has 1 aliphatic rings. The lowest BCUT2D eigenvalue weighted by Gasteiger charge is -1.92. The van der Waals surface area contributed by atoms with Crippen LogP contribution >= 0.6 is 11.8 Å². The molecule has 0 aromatic rings. The second-order valence-corrected chi connectivity index (χ2v) is 2.99. The van der Waals surface area contributed by atoms with Gasteiger partial charge in [0.1, 0.15) is 0 Å². The molecule has 0 radical (unpaired) electrons. The SMILES string of the molecule is CCCN=C1NC(=O)CS1. The van der Waals surface area contributed by atoms with Gasteiger partial charge in [0.25, 0.3) is 0 Å². The summed E-state index contributed by atoms with van der Waals surface area (Å²) in [6.45, 7) is 2.87. The highest BCUT2D eigenvalue weighted by molar-refractivity contribution is 8.15. The Labute approximate surface area is 64.3 Å². The average molecular weight is 158 g/mol. The van der Waals surface area contributed by atoms with E-state index in [0.717, 1.165) is 18.1 Å². The summed E-state index contributed by atoms with van der Waals surface area (Å²) in [7, 11) is 0. The van der Waals surface area contributed by atoms with Crippen molar-refractivity contribution < 1.29 is 4.79 Å². The summed E-state index contributed by atoms with van der Waals surface area (Å²) in [4.78, 5) is 14.7. The Kier molecular flexibility index (Phi) is 2.74. The van der Waals surface area contributed by atoms with Gasteiger partial charge in [0.15, 0.2) is 5.17 Å². The number of hydrogen-bond donors (Lipinski definition) is 1. The van der Waals surface area contributed by atoms with Crippen molar-refractivity contribution in [2.24, 2.45) is 4.99 Å². The quantitative estimate of drug-likeness (QED) is 0.640. The molecule has 1 amide bonds. The lowest BCUT2D eigenvalue weighted by atomic mass is 10.5. The van der Waals surface area contributed by atoms with Gasteiger partial charge in [0.05, 0.1) is 5.75 Å². The average Bonchev–Trinajstić information content (AvgIpc) is 2.31. The zero-order valence-electron chi connectivity index (χ0n) is 5.89. The predicted molar refractivity (Wildman–Crippen MR) is 43.2 cm³/mol. The third kappa shape index (κ3) is 2.02. The van der Waals surface area contributed by atoms with E-state index in [1.807, 2.05) is 0 Å². The van der Waals surface area contributed by atoms with E-state index >= 15 is 0 Å². The third-order valence-electron chi connectivity index (χ3n) is 1.07. The number of thioether (sulfide) groups is 1. The monoisotopic (exact) mass is 158 g/mol. The van der Waals surface area contributed by atoms with E-state index in [-0.39, 0.29) is 5.91 Å². The molecule has 0 aromatic carbocycles. The minimum absolute atomic E-state index is 0.0693. The van der Waals surface area contributed by atoms with E-state index in [4.69, 9.17) is 0 Å². The predicted octanol–water partition coefficient (Wildman–Crippen LogP) is 0.615. The van der Waals surface area contributed by atoms with Crippen molar-refractivity contribution in [3.8, 4) is 0 Å². The first-order valence-electron chi connectivity index (χ1n) is 3.30. The summed E-state index contributed by atoms with van der Waals surface area (Å²) in [6.07, 6.45) is 1.03. The van der Waals surface area contributed by atoms with Crippen LogP contribution in [0.5, 0.6) is 0 Å². The number of hydrogen-bond acceptors (Lipinski definition) is 3. The van der Waals surface area contributed by atoms with E-state index in [1.165, 1.54) is 11.8 Å². The Balaban J connectivity index is 2.36. The first-order valence-corrected chi connectivity index (χ1v) is 4.28. The molecule has 0 bridgehead atoms. The summed E-state index contributed by atoms with van der Waals surface area (Å²) in [5.74, 6) is 0.600. The van der Waals surface area contributed by atoms with Crippen molar-refractivity contribution >= 4 is 22.8 Å². The lowest BCUT2D eigenvalue weighted by Crippen LogP contribution is -2.20. The molecule has 1 rings (SSSR count). The number of nitrogens with one attached hydrogen (secondary N) is 1. The van der Waals surface area contributed by atoms with Crippen LogP contribution in [0.4, 0.5) is 0 Å². The Morgan fingerprint density at radius 2 is 2.60 bits per heavy atom. The molecule has 0 atom stereocenters. The molecule has 10 heavy (non-hydrogen) atoms. The highest BCUT2D eigenvalue weighted by atomic mass is 32.2. The lowest BCUT2D eigenvalue weighted by molar-refractivity contribution is -0.116. The fraction of sp³-hybridized carbons (Fsp3) is 0.667. The van der Waals surface area contributed by atoms with Crippen LogP contribution in [-0.2, 0) is 4.79 Å². The van der Waals surface area contributed by atoms with E-state index < -0.39 is 0 Å². The number of aliphatic imine (C=N–C) groups is 1. The van der Waals surface area contributed by atoms with Crippen LogP contribution < -0.4 is 5.32 Å². The molecule has 4 heteroatoms. The molecule has 0 spiro atoms. The van der Waals surface area contributed by atoms with Crippen LogP contribution in [0.25, 0.3) is 0 Å². The van der Waals surface area contributed by atoms with Crippen molar-refractivity contribution in [1.29, 1.82) is 0 Å². The summed E-state index contributed by atoms with van der Waals surface area (Å²) in [5.41, 5.74) is 0. The second-order valence-electron chi connectivity index (χ2n) is 2.02. The van der Waals surface area contributed by atoms with Gasteiger partial charge in [0.2, 0.25) is 5.91 Å². The topological polar surface area (TPSA) is 41.5 Å². The second kappa shape index (κ2) is 3.61. The van der Waals surface area contributed by atoms with Gasteiger partial charge in [-0.2, -0.15) is 0 Å². The van der Waals surface area contributed by atoms with Crippen LogP contribution in [-0.4, -0.2) is 23.4 Å². The van der Waals surface area contributed by atoms with E-state index in [0.29, 0.717) is 5.75 Å². The first-order chi connectivity index (χ1) is 4.83. The largest absolute Gasteiger partial charge is 0.305 e. The molecule has 1 N–H and O–H groups in total. The maximum Gasteiger partial charge on any atom is 0.236 e. The highest BCUT2D eigenvalue weighted by Gasteiger charge is 2.15. The normalized spacial score (nSPS) is 21.7. The third-order valence-corrected chi connectivity index (χ3v) is 1.98. The summed E-state index contributed by atoms with van der Waals surface area (Å²) >= 11 is 1.48. The molecule has 1 heterocycles. The number of rotatable bonds is 2. The van der Waals surface area contributed by atoms with E-state index in [1.54, 1.807) is 0 Å². The fourth-order valence-corrected chi connectivity index (χ4v) is 1.33. The van der Waals surface area contributed by atoms with Gasteiger partial charge in [-0.3, -0.25) is 9.79 Å². The minimum atomic E-state index is 0.0693. The van der Waals surface area contributed by atoms with Crippen LogP contribution in [0, 0.1) is 0 Å². The van der Waals surface area contributed by atoms with Gasteiger partial charge >= 0.3 is 0 Å². The highest BCUT2D eigenvalue weighted by Crippen LogP contribution is 2.08. The number of amides is 1. The van der Waals surface area contributed by atoms with Crippen molar-refractivity contribution in [2.45, 2.75) is 13.3 Å². The Hall–Kier alpha value is -0.510. The summed E-state index contributed by atoms with van der Waals surface area (Å²) < 4.78 is 0. The van der Waals surface area contributed by atoms with Crippen LogP contribution in [0.3, 0.4) is 0 Å². The smallest absolute Gasteiger partial charge is 0.236 e. The Morgan fingerprint density at radius 1 is 1.80 bits per heavy atom. The van der Waals surface area contributed by atoms with Gasteiger partial charge in [-0.05, 0) is 6.42 Å². The van der Waals surface area contributed by atoms with Crippen molar-refractivity contribution in [3.05, 3.63) is 0 Å². The van der Waals surface area contributed by atoms with Crippen LogP contribution in [0.15, 0.2) is 4.99 Å². The minimum Gasteiger partial charge on any atom is -0.305 e. The molecule has 0 saturated carbocycles. The molecule has 0 aromatic heterocycles. The van der Waals surface area contributed by atoms with Crippen molar-refractivity contribution in [1.82, 2.24) is 5.32 Å². The maximum atomic E-state index is 10.6. The molecule has 0 unspecified atom stereocenters. The molecule has 1 fully saturated rings. The van der Waals surface area contributed by atoms with Crippen molar-refractivity contribution in [2.75, 3.05) is 12.3 Å². The standard InChI is InChI=1S/C6H10N2OS/c1-2-3-7-6-8-5(9)4-10-6/h2-4H2,1H3,(H,7,8,9). The zero-order chi connectivity index (χ0) is 7.40. The molecule has 56 valence electrons. The number of nitrogens with zero attached hydrogens (tertiary/aromatic N) is 1. The molecule has 1 aliphatic heterocycles. The summed E-state index contributed by atoms with van der Waals surface area (Å²) in [6, 6.07) is 0. The zero-order valence-corrected chi connectivity index (χ0v) is 6.70. The van der Waals surface area contributed by atoms with Gasteiger partial charge in [-0.25, -0.2) is 0 Å². The number of amidine groups is 1. The van der Waals surface area contributed by atoms with Crippen LogP contribution in [0.2, 0.25) is 0 Å².